The minimum Gasteiger partial charge on any atom is -0.354 e. The molecule has 2 aromatic rings. The molecule has 0 aliphatic carbocycles. The van der Waals surface area contributed by atoms with Gasteiger partial charge in [-0.25, -0.2) is 8.42 Å². The Morgan fingerprint density at radius 3 is 2.27 bits per heavy atom. The number of nitrogens with one attached hydrogen (secondary N) is 1. The van der Waals surface area contributed by atoms with E-state index in [1.165, 1.54) is 24.1 Å². The lowest BCUT2D eigenvalue weighted by Gasteiger charge is -2.30. The summed E-state index contributed by atoms with van der Waals surface area (Å²) in [6.45, 7) is 7.91. The van der Waals surface area contributed by atoms with Gasteiger partial charge in [-0.3, -0.25) is 9.59 Å². The monoisotopic (exact) mass is 473 g/mol. The third kappa shape index (κ3) is 7.14. The smallest absolute Gasteiger partial charge is 0.243 e. The van der Waals surface area contributed by atoms with Gasteiger partial charge in [0, 0.05) is 20.1 Å². The molecule has 1 atom stereocenters. The Kier molecular flexibility index (Phi) is 9.61. The molecule has 0 saturated heterocycles. The van der Waals surface area contributed by atoms with Crippen LogP contribution in [0.1, 0.15) is 43.4 Å². The molecule has 2 amide bonds. The van der Waals surface area contributed by atoms with E-state index in [0.717, 1.165) is 33.8 Å². The molecule has 0 bridgehead atoms. The Bertz CT molecular complexity index is 1050. The Labute approximate surface area is 197 Å². The second kappa shape index (κ2) is 12.0. The second-order valence-corrected chi connectivity index (χ2v) is 10.4. The number of amides is 2. The van der Waals surface area contributed by atoms with E-state index in [2.05, 4.69) is 5.32 Å². The highest BCUT2D eigenvalue weighted by atomic mass is 32.2. The molecule has 0 aliphatic heterocycles. The van der Waals surface area contributed by atoms with Crippen molar-refractivity contribution >= 4 is 21.8 Å². The lowest BCUT2D eigenvalue weighted by atomic mass is 10.1. The molecule has 180 valence electrons. The zero-order valence-electron chi connectivity index (χ0n) is 20.2. The molecule has 0 aromatic heterocycles. The molecule has 0 radical (unpaired) electrons. The fourth-order valence-electron chi connectivity index (χ4n) is 3.35. The van der Waals surface area contributed by atoms with Gasteiger partial charge in [0.25, 0.3) is 0 Å². The molecule has 1 N–H and O–H groups in total. The van der Waals surface area contributed by atoms with Gasteiger partial charge in [-0.2, -0.15) is 4.31 Å². The Morgan fingerprint density at radius 1 is 1.03 bits per heavy atom. The lowest BCUT2D eigenvalue weighted by Crippen LogP contribution is -2.50. The first-order valence-electron chi connectivity index (χ1n) is 11.2. The van der Waals surface area contributed by atoms with Crippen molar-refractivity contribution in [3.63, 3.8) is 0 Å². The third-order valence-electron chi connectivity index (χ3n) is 5.69. The molecule has 0 unspecified atom stereocenters. The Morgan fingerprint density at radius 2 is 1.67 bits per heavy atom. The molecule has 8 heteroatoms. The molecule has 0 heterocycles. The van der Waals surface area contributed by atoms with E-state index in [9.17, 15) is 18.0 Å². The molecule has 0 fully saturated rings. The normalized spacial score (nSPS) is 12.4. The van der Waals surface area contributed by atoms with Crippen LogP contribution >= 0.6 is 0 Å². The Balaban J connectivity index is 2.25. The molecule has 2 aromatic carbocycles. The van der Waals surface area contributed by atoms with Gasteiger partial charge in [0.05, 0.1) is 11.4 Å². The lowest BCUT2D eigenvalue weighted by molar-refractivity contribution is -0.140. The van der Waals surface area contributed by atoms with Crippen molar-refractivity contribution < 1.29 is 18.0 Å². The number of benzene rings is 2. The molecular weight excluding hydrogens is 438 g/mol. The fraction of sp³-hybridized carbons (Fsp3) is 0.440. The van der Waals surface area contributed by atoms with Crippen LogP contribution < -0.4 is 5.32 Å². The number of hydrogen-bond donors (Lipinski definition) is 1. The fourth-order valence-corrected chi connectivity index (χ4v) is 4.47. The van der Waals surface area contributed by atoms with Crippen LogP contribution in [-0.4, -0.2) is 55.6 Å². The first-order valence-corrected chi connectivity index (χ1v) is 12.7. The SMILES string of the molecule is CCCCNC(=O)[C@H](C)N(Cc1ccccc1C)C(=O)CN(C)S(=O)(=O)c1ccc(C)cc1. The van der Waals surface area contributed by atoms with Gasteiger partial charge in [0.2, 0.25) is 21.8 Å². The Hall–Kier alpha value is -2.71. The summed E-state index contributed by atoms with van der Waals surface area (Å²) < 4.78 is 27.0. The van der Waals surface area contributed by atoms with Crippen LogP contribution in [0.5, 0.6) is 0 Å². The van der Waals surface area contributed by atoms with Crippen LogP contribution in [0.25, 0.3) is 0 Å². The number of likely N-dealkylation sites (N-methyl/N-ethyl adjacent to an activating group) is 1. The minimum atomic E-state index is -3.84. The maximum atomic E-state index is 13.3. The second-order valence-electron chi connectivity index (χ2n) is 8.34. The topological polar surface area (TPSA) is 86.8 Å². The standard InChI is InChI=1S/C25H35N3O4S/c1-6-7-16-26-25(30)21(4)28(17-22-11-9-8-10-20(22)3)24(29)18-27(5)33(31,32)23-14-12-19(2)13-15-23/h8-15,21H,6-7,16-18H2,1-5H3,(H,26,30)/t21-/m0/s1. The van der Waals surface area contributed by atoms with E-state index in [4.69, 9.17) is 0 Å². The number of sulfonamides is 1. The largest absolute Gasteiger partial charge is 0.354 e. The maximum Gasteiger partial charge on any atom is 0.243 e. The molecule has 33 heavy (non-hydrogen) atoms. The van der Waals surface area contributed by atoms with E-state index >= 15 is 0 Å². The summed E-state index contributed by atoms with van der Waals surface area (Å²) in [7, 11) is -2.46. The summed E-state index contributed by atoms with van der Waals surface area (Å²) in [6.07, 6.45) is 1.80. The van der Waals surface area contributed by atoms with Crippen LogP contribution in [0.4, 0.5) is 0 Å². The zero-order valence-corrected chi connectivity index (χ0v) is 21.0. The summed E-state index contributed by atoms with van der Waals surface area (Å²) in [5.74, 6) is -0.691. The number of carbonyl (C=O) groups is 2. The van der Waals surface area contributed by atoms with E-state index in [1.54, 1.807) is 19.1 Å². The van der Waals surface area contributed by atoms with E-state index in [1.807, 2.05) is 45.0 Å². The highest BCUT2D eigenvalue weighted by molar-refractivity contribution is 7.89. The van der Waals surface area contributed by atoms with Crippen molar-refractivity contribution in [2.75, 3.05) is 20.1 Å². The van der Waals surface area contributed by atoms with Crippen molar-refractivity contribution in [2.45, 2.75) is 58.0 Å². The van der Waals surface area contributed by atoms with Gasteiger partial charge >= 0.3 is 0 Å². The van der Waals surface area contributed by atoms with Gasteiger partial charge in [-0.1, -0.05) is 55.3 Å². The predicted octanol–water partition coefficient (Wildman–Crippen LogP) is 3.26. The summed E-state index contributed by atoms with van der Waals surface area (Å²) in [6, 6.07) is 13.4. The predicted molar refractivity (Wildman–Crippen MR) is 130 cm³/mol. The summed E-state index contributed by atoms with van der Waals surface area (Å²) in [4.78, 5) is 27.6. The van der Waals surface area contributed by atoms with Crippen molar-refractivity contribution in [2.24, 2.45) is 0 Å². The molecule has 0 saturated carbocycles. The van der Waals surface area contributed by atoms with Crippen LogP contribution in [0, 0.1) is 13.8 Å². The van der Waals surface area contributed by atoms with Crippen LogP contribution in [0.15, 0.2) is 53.4 Å². The van der Waals surface area contributed by atoms with Gasteiger partial charge in [0.1, 0.15) is 6.04 Å². The molecular formula is C25H35N3O4S. The summed E-state index contributed by atoms with van der Waals surface area (Å²) in [5.41, 5.74) is 2.85. The highest BCUT2D eigenvalue weighted by Crippen LogP contribution is 2.17. The maximum absolute atomic E-state index is 13.3. The molecule has 7 nitrogen and oxygen atoms in total. The third-order valence-corrected chi connectivity index (χ3v) is 7.50. The molecule has 0 spiro atoms. The van der Waals surface area contributed by atoms with Crippen LogP contribution in [-0.2, 0) is 26.2 Å². The first kappa shape index (κ1) is 26.5. The van der Waals surface area contributed by atoms with E-state index in [-0.39, 0.29) is 23.9 Å². The van der Waals surface area contributed by atoms with Crippen molar-refractivity contribution in [1.29, 1.82) is 0 Å². The number of unbranched alkanes of at least 4 members (excludes halogenated alkanes) is 1. The number of carbonyl (C=O) groups excluding carboxylic acids is 2. The van der Waals surface area contributed by atoms with Gasteiger partial charge in [-0.05, 0) is 50.5 Å². The average molecular weight is 474 g/mol. The van der Waals surface area contributed by atoms with E-state index in [0.29, 0.717) is 6.54 Å². The van der Waals surface area contributed by atoms with Crippen molar-refractivity contribution in [3.8, 4) is 0 Å². The first-order chi connectivity index (χ1) is 15.6. The van der Waals surface area contributed by atoms with Gasteiger partial charge < -0.3 is 10.2 Å². The van der Waals surface area contributed by atoms with Gasteiger partial charge in [0.15, 0.2) is 0 Å². The van der Waals surface area contributed by atoms with E-state index < -0.39 is 22.0 Å². The quantitative estimate of drug-likeness (QED) is 0.508. The van der Waals surface area contributed by atoms with Crippen LogP contribution in [0.2, 0.25) is 0 Å². The number of aryl methyl sites for hydroxylation is 2. The van der Waals surface area contributed by atoms with Crippen molar-refractivity contribution in [1.82, 2.24) is 14.5 Å². The summed E-state index contributed by atoms with van der Waals surface area (Å²) >= 11 is 0. The number of hydrogen-bond acceptors (Lipinski definition) is 4. The summed E-state index contributed by atoms with van der Waals surface area (Å²) in [5, 5.41) is 2.87. The number of nitrogens with zero attached hydrogens (tertiary/aromatic N) is 2. The minimum absolute atomic E-state index is 0.124. The van der Waals surface area contributed by atoms with Crippen molar-refractivity contribution in [3.05, 3.63) is 65.2 Å². The molecule has 2 rings (SSSR count). The zero-order chi connectivity index (χ0) is 24.6. The van der Waals surface area contributed by atoms with Gasteiger partial charge in [-0.15, -0.1) is 0 Å². The molecule has 0 aliphatic rings. The average Bonchev–Trinajstić information content (AvgIpc) is 2.78. The number of rotatable bonds is 11. The van der Waals surface area contributed by atoms with Crippen LogP contribution in [0.3, 0.4) is 0 Å². The highest BCUT2D eigenvalue weighted by Gasteiger charge is 2.30.